The minimum atomic E-state index is -4.37. The number of nitrogens with one attached hydrogen (secondary N) is 2. The molecule has 0 amide bonds. The molecule has 5 aromatic rings. The van der Waals surface area contributed by atoms with Gasteiger partial charge in [0.15, 0.2) is 5.82 Å². The van der Waals surface area contributed by atoms with Crippen molar-refractivity contribution in [2.45, 2.75) is 42.7 Å². The van der Waals surface area contributed by atoms with E-state index in [2.05, 4.69) is 29.9 Å². The van der Waals surface area contributed by atoms with E-state index >= 15 is 8.78 Å². The van der Waals surface area contributed by atoms with E-state index in [1.807, 2.05) is 12.1 Å². The predicted molar refractivity (Wildman–Crippen MR) is 180 cm³/mol. The van der Waals surface area contributed by atoms with Crippen molar-refractivity contribution in [3.8, 4) is 16.9 Å². The molecule has 2 aliphatic rings. The van der Waals surface area contributed by atoms with Crippen molar-refractivity contribution in [2.75, 3.05) is 35.1 Å². The van der Waals surface area contributed by atoms with Crippen molar-refractivity contribution < 1.29 is 27.0 Å². The van der Waals surface area contributed by atoms with Gasteiger partial charge in [0.2, 0.25) is 5.95 Å². The summed E-state index contributed by atoms with van der Waals surface area (Å²) in [6.07, 6.45) is 6.66. The quantitative estimate of drug-likeness (QED) is 0.167. The van der Waals surface area contributed by atoms with Crippen LogP contribution in [0.5, 0.6) is 5.75 Å². The number of pyridine rings is 1. The number of hydrogen-bond donors (Lipinski definition) is 3. The molecule has 1 aliphatic heterocycles. The zero-order chi connectivity index (χ0) is 33.6. The highest BCUT2D eigenvalue weighted by atomic mass is 35.5. The average Bonchev–Trinajstić information content (AvgIpc) is 3.45. The van der Waals surface area contributed by atoms with Crippen molar-refractivity contribution in [3.05, 3.63) is 94.9 Å². The summed E-state index contributed by atoms with van der Waals surface area (Å²) in [5.41, 5.74) is 1.60. The van der Waals surface area contributed by atoms with Crippen LogP contribution < -0.4 is 19.7 Å². The summed E-state index contributed by atoms with van der Waals surface area (Å²) in [7, 11) is -2.93. The van der Waals surface area contributed by atoms with Gasteiger partial charge in [0, 0.05) is 53.8 Å². The number of methoxy groups -OCH3 is 1. The molecule has 0 spiro atoms. The first-order valence-corrected chi connectivity index (χ1v) is 17.3. The molecule has 2 aromatic heterocycles. The molecule has 0 saturated carbocycles. The van der Waals surface area contributed by atoms with Crippen LogP contribution in [0.4, 0.5) is 26.1 Å². The Balaban J connectivity index is 1.15. The lowest BCUT2D eigenvalue weighted by molar-refractivity contribution is 0.180. The van der Waals surface area contributed by atoms with Crippen LogP contribution in [0.25, 0.3) is 22.0 Å². The lowest BCUT2D eigenvalue weighted by Crippen LogP contribution is -2.39. The number of nitrogens with zero attached hydrogens (tertiary/aromatic N) is 4. The molecule has 1 aliphatic carbocycles. The van der Waals surface area contributed by atoms with Gasteiger partial charge < -0.3 is 20.1 Å². The summed E-state index contributed by atoms with van der Waals surface area (Å²) < 4.78 is 66.1. The Morgan fingerprint density at radius 2 is 1.81 bits per heavy atom. The maximum Gasteiger partial charge on any atom is 0.262 e. The number of anilines is 3. The third-order valence-electron chi connectivity index (χ3n) is 8.87. The average molecular weight is 693 g/mol. The third kappa shape index (κ3) is 6.09. The van der Waals surface area contributed by atoms with Crippen molar-refractivity contribution in [3.63, 3.8) is 0 Å². The van der Waals surface area contributed by atoms with Gasteiger partial charge in [0.05, 0.1) is 29.4 Å². The van der Waals surface area contributed by atoms with Crippen LogP contribution in [0, 0.1) is 11.6 Å². The minimum Gasteiger partial charge on any atom is -0.494 e. The van der Waals surface area contributed by atoms with Gasteiger partial charge in [-0.3, -0.25) is 9.71 Å². The van der Waals surface area contributed by atoms with E-state index in [1.165, 1.54) is 31.4 Å². The number of fused-ring (bicyclic) bond motifs is 2. The second kappa shape index (κ2) is 12.8. The monoisotopic (exact) mass is 692 g/mol. The van der Waals surface area contributed by atoms with E-state index in [-0.39, 0.29) is 27.3 Å². The fourth-order valence-corrected chi connectivity index (χ4v) is 8.15. The fourth-order valence-electron chi connectivity index (χ4n) is 6.47. The number of aromatic nitrogens is 3. The van der Waals surface area contributed by atoms with Gasteiger partial charge in [-0.15, -0.1) is 0 Å². The molecule has 14 heteroatoms. The van der Waals surface area contributed by atoms with Crippen LogP contribution in [0.3, 0.4) is 0 Å². The topological polar surface area (TPSA) is 130 Å². The van der Waals surface area contributed by atoms with Crippen molar-refractivity contribution >= 4 is 49.9 Å². The number of hydrogen-bond acceptors (Lipinski definition) is 9. The summed E-state index contributed by atoms with van der Waals surface area (Å²) in [5, 5.41) is 14.3. The number of aliphatic hydroxyl groups excluding tert-OH is 1. The summed E-state index contributed by atoms with van der Waals surface area (Å²) in [6, 6.07) is 11.9. The van der Waals surface area contributed by atoms with Crippen molar-refractivity contribution in [1.29, 1.82) is 0 Å². The Morgan fingerprint density at radius 3 is 2.56 bits per heavy atom. The SMILES string of the molecule is COc1cc(-c2c(F)ccc(NS(=O)(=O)c3cc(Cl)cc4c3CCC4O)c2F)cc2cnc(NC3CCN(c4ccncc4)CC3)nc12. The van der Waals surface area contributed by atoms with Crippen LogP contribution >= 0.6 is 11.6 Å². The van der Waals surface area contributed by atoms with Gasteiger partial charge in [0.1, 0.15) is 17.1 Å². The highest BCUT2D eigenvalue weighted by Crippen LogP contribution is 2.40. The Labute approximate surface area is 280 Å². The second-order valence-electron chi connectivity index (χ2n) is 11.8. The Kier molecular flexibility index (Phi) is 8.52. The van der Waals surface area contributed by atoms with Gasteiger partial charge in [0.25, 0.3) is 10.0 Å². The number of halogens is 3. The molecule has 3 N–H and O–H groups in total. The first-order valence-electron chi connectivity index (χ1n) is 15.4. The van der Waals surface area contributed by atoms with Gasteiger partial charge >= 0.3 is 0 Å². The van der Waals surface area contributed by atoms with Crippen LogP contribution in [0.1, 0.15) is 36.5 Å². The maximum absolute atomic E-state index is 16.1. The third-order valence-corrected chi connectivity index (χ3v) is 10.5. The molecule has 10 nitrogen and oxygen atoms in total. The highest BCUT2D eigenvalue weighted by Gasteiger charge is 2.30. The van der Waals surface area contributed by atoms with E-state index in [1.54, 1.807) is 18.6 Å². The molecule has 1 fully saturated rings. The molecule has 7 rings (SSSR count). The molecule has 48 heavy (non-hydrogen) atoms. The summed E-state index contributed by atoms with van der Waals surface area (Å²) in [5.74, 6) is -1.35. The van der Waals surface area contributed by atoms with E-state index in [9.17, 15) is 13.5 Å². The number of rotatable bonds is 8. The summed E-state index contributed by atoms with van der Waals surface area (Å²) in [4.78, 5) is 15.3. The molecule has 0 radical (unpaired) electrons. The number of sulfonamides is 1. The molecule has 248 valence electrons. The van der Waals surface area contributed by atoms with E-state index in [0.29, 0.717) is 40.8 Å². The van der Waals surface area contributed by atoms with E-state index < -0.39 is 39.0 Å². The maximum atomic E-state index is 16.1. The number of aliphatic hydroxyl groups is 1. The van der Waals surface area contributed by atoms with Gasteiger partial charge in [-0.2, -0.15) is 0 Å². The molecule has 3 aromatic carbocycles. The van der Waals surface area contributed by atoms with Gasteiger partial charge in [-0.1, -0.05) is 11.6 Å². The van der Waals surface area contributed by atoms with Gasteiger partial charge in [-0.25, -0.2) is 27.2 Å². The largest absolute Gasteiger partial charge is 0.494 e. The normalized spacial score (nSPS) is 16.6. The van der Waals surface area contributed by atoms with Crippen molar-refractivity contribution in [1.82, 2.24) is 15.0 Å². The molecule has 0 bridgehead atoms. The van der Waals surface area contributed by atoms with Crippen LogP contribution in [0.15, 0.2) is 72.0 Å². The van der Waals surface area contributed by atoms with Crippen LogP contribution in [-0.4, -0.2) is 54.7 Å². The Bertz CT molecular complexity index is 2130. The number of ether oxygens (including phenoxy) is 1. The minimum absolute atomic E-state index is 0.106. The Morgan fingerprint density at radius 1 is 1.04 bits per heavy atom. The molecular weight excluding hydrogens is 662 g/mol. The zero-order valence-corrected chi connectivity index (χ0v) is 27.3. The Hall–Kier alpha value is -4.59. The molecule has 1 saturated heterocycles. The molecule has 3 heterocycles. The first kappa shape index (κ1) is 32.0. The van der Waals surface area contributed by atoms with Crippen LogP contribution in [0.2, 0.25) is 5.02 Å². The fraction of sp³-hybridized carbons (Fsp3) is 0.265. The first-order chi connectivity index (χ1) is 23.1. The summed E-state index contributed by atoms with van der Waals surface area (Å²) in [6.45, 7) is 1.72. The lowest BCUT2D eigenvalue weighted by atomic mass is 10.0. The lowest BCUT2D eigenvalue weighted by Gasteiger charge is -2.33. The zero-order valence-electron chi connectivity index (χ0n) is 25.8. The standard InChI is InChI=1S/C34H31ClF2N6O4S/c1-47-29-15-19(14-20-18-39-34(41-33(20)29)40-22-8-12-43(13-9-22)23-6-10-38-11-7-23)31-26(36)3-4-27(32(31)37)42-48(45,46)30-17-21(35)16-25-24(30)2-5-28(25)44/h3-4,6-7,10-11,14-18,22,28,42,44H,2,5,8-9,12-13H2,1H3,(H,39,40,41). The highest BCUT2D eigenvalue weighted by molar-refractivity contribution is 7.92. The molecular formula is C34H31ClF2N6O4S. The number of benzene rings is 3. The van der Waals surface area contributed by atoms with Crippen LogP contribution in [-0.2, 0) is 16.4 Å². The van der Waals surface area contributed by atoms with E-state index in [0.717, 1.165) is 43.8 Å². The van der Waals surface area contributed by atoms with Gasteiger partial charge in [-0.05, 0) is 90.9 Å². The number of piperidine rings is 1. The predicted octanol–water partition coefficient (Wildman–Crippen LogP) is 6.49. The molecule has 1 unspecified atom stereocenters. The van der Waals surface area contributed by atoms with E-state index in [4.69, 9.17) is 16.3 Å². The molecule has 1 atom stereocenters. The second-order valence-corrected chi connectivity index (χ2v) is 13.9. The smallest absolute Gasteiger partial charge is 0.262 e. The van der Waals surface area contributed by atoms with Crippen molar-refractivity contribution in [2.24, 2.45) is 0 Å². The summed E-state index contributed by atoms with van der Waals surface area (Å²) >= 11 is 6.16.